The van der Waals surface area contributed by atoms with Gasteiger partial charge in [-0.25, -0.2) is 0 Å². The smallest absolute Gasteiger partial charge is 0.251 e. The number of benzene rings is 4. The number of nitrogens with one attached hydrogen (secondary N) is 4. The van der Waals surface area contributed by atoms with Gasteiger partial charge in [0.25, 0.3) is 11.8 Å². The lowest BCUT2D eigenvalue weighted by Crippen LogP contribution is -2.29. The van der Waals surface area contributed by atoms with Gasteiger partial charge in [-0.2, -0.15) is 10.2 Å². The van der Waals surface area contributed by atoms with E-state index < -0.39 is 6.10 Å². The quantitative estimate of drug-likeness (QED) is 0.0723. The number of aromatic amines is 2. The van der Waals surface area contributed by atoms with Gasteiger partial charge in [0.2, 0.25) is 0 Å². The third-order valence-corrected chi connectivity index (χ3v) is 9.23. The molecular weight excluding hydrogens is 704 g/mol. The molecule has 1 unspecified atom stereocenters. The van der Waals surface area contributed by atoms with Gasteiger partial charge in [-0.1, -0.05) is 84.4 Å². The van der Waals surface area contributed by atoms with Gasteiger partial charge in [0.05, 0.1) is 28.9 Å². The maximum absolute atomic E-state index is 12.6. The summed E-state index contributed by atoms with van der Waals surface area (Å²) in [6.45, 7) is 4.52. The number of hydrogen-bond donors (Lipinski definition) is 7. The lowest BCUT2D eigenvalue weighted by molar-refractivity contribution is 0.0914. The van der Waals surface area contributed by atoms with Gasteiger partial charge in [0.1, 0.15) is 0 Å². The van der Waals surface area contributed by atoms with Gasteiger partial charge < -0.3 is 26.0 Å². The Labute approximate surface area is 319 Å². The lowest BCUT2D eigenvalue weighted by atomic mass is 10.0. The standard InChI is InChI=1S/C21H22ClN3O2.C21H23N3O3/c1-14-6-7-16(20-13-17(9-11-26)24-25-20)12-18(14)21(27)23-10-8-15-4-2-3-5-19(15)22;1-14-7-8-16(19-12-17(9-10-25)23-24-19)11-18(14)21(27)22-13-20(26)15-5-3-2-4-6-15/h2-7,12-13,26H,8-11H2,1H3,(H,23,27)(H,24,25);2-8,11-12,20,25-26H,9-10,13H2,1H3,(H,22,27)(H,23,24). The summed E-state index contributed by atoms with van der Waals surface area (Å²) < 4.78 is 0. The minimum absolute atomic E-state index is 0.0373. The molecule has 0 radical (unpaired) electrons. The number of carbonyl (C=O) groups is 2. The molecule has 0 spiro atoms. The molecule has 1 atom stereocenters. The van der Waals surface area contributed by atoms with Crippen molar-refractivity contribution in [2.75, 3.05) is 26.3 Å². The number of carbonyl (C=O) groups excluding carboxylic acids is 2. The molecule has 54 heavy (non-hydrogen) atoms. The van der Waals surface area contributed by atoms with Gasteiger partial charge in [-0.3, -0.25) is 19.8 Å². The SMILES string of the molecule is Cc1ccc(-c2cc(CCO)n[nH]2)cc1C(=O)NCC(O)c1ccccc1.Cc1ccc(-c2cc(CCO)n[nH]2)cc1C(=O)NCCc1ccccc1Cl. The predicted molar refractivity (Wildman–Crippen MR) is 210 cm³/mol. The van der Waals surface area contributed by atoms with E-state index in [2.05, 4.69) is 31.0 Å². The molecule has 0 aliphatic carbocycles. The molecule has 0 aliphatic rings. The van der Waals surface area contributed by atoms with Crippen LogP contribution in [0.15, 0.2) is 103 Å². The molecule has 2 amide bonds. The molecule has 12 heteroatoms. The predicted octanol–water partition coefficient (Wildman–Crippen LogP) is 5.93. The Kier molecular flexibility index (Phi) is 14.3. The second-order valence-electron chi connectivity index (χ2n) is 12.8. The van der Waals surface area contributed by atoms with Gasteiger partial charge in [0.15, 0.2) is 0 Å². The first-order valence-corrected chi connectivity index (χ1v) is 18.1. The van der Waals surface area contributed by atoms with E-state index in [0.717, 1.165) is 56.2 Å². The Morgan fingerprint density at radius 2 is 1.20 bits per heavy atom. The highest BCUT2D eigenvalue weighted by molar-refractivity contribution is 6.31. The zero-order chi connectivity index (χ0) is 38.5. The van der Waals surface area contributed by atoms with E-state index in [0.29, 0.717) is 42.0 Å². The normalized spacial score (nSPS) is 11.4. The number of amides is 2. The van der Waals surface area contributed by atoms with Crippen LogP contribution in [-0.2, 0) is 19.3 Å². The maximum atomic E-state index is 12.6. The number of aliphatic hydroxyl groups excluding tert-OH is 3. The molecule has 0 saturated heterocycles. The van der Waals surface area contributed by atoms with E-state index in [4.69, 9.17) is 21.8 Å². The largest absolute Gasteiger partial charge is 0.396 e. The molecule has 2 heterocycles. The van der Waals surface area contributed by atoms with Crippen LogP contribution in [0.25, 0.3) is 22.5 Å². The Morgan fingerprint density at radius 3 is 1.74 bits per heavy atom. The molecule has 0 saturated carbocycles. The molecule has 11 nitrogen and oxygen atoms in total. The Morgan fingerprint density at radius 1 is 0.685 bits per heavy atom. The number of rotatable bonds is 14. The number of aryl methyl sites for hydroxylation is 2. The monoisotopic (exact) mass is 748 g/mol. The van der Waals surface area contributed by atoms with E-state index in [-0.39, 0.29) is 31.6 Å². The Balaban J connectivity index is 0.000000208. The first kappa shape index (κ1) is 39.6. The van der Waals surface area contributed by atoms with Crippen LogP contribution in [0.2, 0.25) is 5.02 Å². The van der Waals surface area contributed by atoms with Gasteiger partial charge >= 0.3 is 0 Å². The first-order chi connectivity index (χ1) is 26.2. The number of H-pyrrole nitrogens is 2. The van der Waals surface area contributed by atoms with Crippen molar-refractivity contribution >= 4 is 23.4 Å². The molecule has 0 aliphatic heterocycles. The number of aliphatic hydroxyl groups is 3. The average Bonchev–Trinajstić information content (AvgIpc) is 3.86. The van der Waals surface area contributed by atoms with Crippen LogP contribution < -0.4 is 10.6 Å². The van der Waals surface area contributed by atoms with E-state index >= 15 is 0 Å². The van der Waals surface area contributed by atoms with Crippen LogP contribution in [0, 0.1) is 13.8 Å². The second-order valence-corrected chi connectivity index (χ2v) is 13.2. The average molecular weight is 749 g/mol. The first-order valence-electron chi connectivity index (χ1n) is 17.7. The summed E-state index contributed by atoms with van der Waals surface area (Å²) in [6.07, 6.45) is 0.896. The van der Waals surface area contributed by atoms with Crippen molar-refractivity contribution in [1.82, 2.24) is 31.0 Å². The second kappa shape index (κ2) is 19.5. The van der Waals surface area contributed by atoms with Crippen molar-refractivity contribution in [1.29, 1.82) is 0 Å². The van der Waals surface area contributed by atoms with E-state index in [1.165, 1.54) is 0 Å². The Hall–Kier alpha value is -5.59. The minimum Gasteiger partial charge on any atom is -0.396 e. The fourth-order valence-electron chi connectivity index (χ4n) is 5.76. The van der Waals surface area contributed by atoms with E-state index in [1.807, 2.05) is 111 Å². The molecular formula is C42H45ClN6O5. The molecule has 6 aromatic rings. The third-order valence-electron chi connectivity index (χ3n) is 8.86. The number of halogens is 1. The van der Waals surface area contributed by atoms with Crippen LogP contribution >= 0.6 is 11.6 Å². The van der Waals surface area contributed by atoms with Crippen LogP contribution in [-0.4, -0.2) is 73.8 Å². The summed E-state index contributed by atoms with van der Waals surface area (Å²) >= 11 is 6.16. The highest BCUT2D eigenvalue weighted by Gasteiger charge is 2.15. The zero-order valence-corrected chi connectivity index (χ0v) is 31.0. The topological polar surface area (TPSA) is 176 Å². The molecule has 0 fully saturated rings. The van der Waals surface area contributed by atoms with Crippen molar-refractivity contribution in [2.45, 2.75) is 39.2 Å². The van der Waals surface area contributed by atoms with E-state index in [1.54, 1.807) is 6.07 Å². The summed E-state index contributed by atoms with van der Waals surface area (Å²) in [6, 6.07) is 31.9. The lowest BCUT2D eigenvalue weighted by Gasteiger charge is -2.13. The Bertz CT molecular complexity index is 2150. The summed E-state index contributed by atoms with van der Waals surface area (Å²) in [5.74, 6) is -0.351. The summed E-state index contributed by atoms with van der Waals surface area (Å²) in [4.78, 5) is 25.2. The summed E-state index contributed by atoms with van der Waals surface area (Å²) in [5, 5.41) is 48.9. The van der Waals surface area contributed by atoms with Crippen LogP contribution in [0.5, 0.6) is 0 Å². The number of hydrogen-bond acceptors (Lipinski definition) is 7. The van der Waals surface area contributed by atoms with Crippen molar-refractivity contribution < 1.29 is 24.9 Å². The summed E-state index contributed by atoms with van der Waals surface area (Å²) in [5.41, 5.74) is 9.60. The van der Waals surface area contributed by atoms with E-state index in [9.17, 15) is 14.7 Å². The van der Waals surface area contributed by atoms with Crippen LogP contribution in [0.1, 0.15) is 60.5 Å². The highest BCUT2D eigenvalue weighted by Crippen LogP contribution is 2.24. The van der Waals surface area contributed by atoms with Crippen LogP contribution in [0.3, 0.4) is 0 Å². The minimum atomic E-state index is -0.757. The molecule has 2 aromatic heterocycles. The molecule has 6 rings (SSSR count). The number of nitrogens with zero attached hydrogens (tertiary/aromatic N) is 2. The fraction of sp³-hybridized carbons (Fsp3) is 0.238. The third kappa shape index (κ3) is 10.7. The van der Waals surface area contributed by atoms with Crippen molar-refractivity contribution in [3.05, 3.63) is 153 Å². The van der Waals surface area contributed by atoms with Gasteiger partial charge in [-0.05, 0) is 72.9 Å². The summed E-state index contributed by atoms with van der Waals surface area (Å²) in [7, 11) is 0. The number of aromatic nitrogens is 4. The molecule has 4 aromatic carbocycles. The van der Waals surface area contributed by atoms with Crippen LogP contribution in [0.4, 0.5) is 0 Å². The molecule has 280 valence electrons. The van der Waals surface area contributed by atoms with Gasteiger partial charge in [0, 0.05) is 66.4 Å². The highest BCUT2D eigenvalue weighted by atomic mass is 35.5. The van der Waals surface area contributed by atoms with Crippen molar-refractivity contribution in [3.63, 3.8) is 0 Å². The fourth-order valence-corrected chi connectivity index (χ4v) is 5.99. The zero-order valence-electron chi connectivity index (χ0n) is 30.3. The maximum Gasteiger partial charge on any atom is 0.251 e. The van der Waals surface area contributed by atoms with Crippen molar-refractivity contribution in [3.8, 4) is 22.5 Å². The van der Waals surface area contributed by atoms with Gasteiger partial charge in [-0.15, -0.1) is 0 Å². The van der Waals surface area contributed by atoms with Crippen molar-refractivity contribution in [2.24, 2.45) is 0 Å². The molecule has 7 N–H and O–H groups in total. The molecule has 0 bridgehead atoms.